The van der Waals surface area contributed by atoms with Gasteiger partial charge < -0.3 is 5.11 Å². The molecule has 0 amide bonds. The Hall–Kier alpha value is -0.830. The molecule has 1 heterocycles. The van der Waals surface area contributed by atoms with Crippen LogP contribution in [-0.4, -0.2) is 21.5 Å². The van der Waals surface area contributed by atoms with Crippen LogP contribution >= 0.6 is 0 Å². The maximum atomic E-state index is 9.64. The van der Waals surface area contributed by atoms with Gasteiger partial charge in [-0.3, -0.25) is 4.68 Å². The largest absolute Gasteiger partial charge is 0.396 e. The zero-order chi connectivity index (χ0) is 11.4. The number of aryl methyl sites for hydroxylation is 1. The molecule has 0 aromatic carbocycles. The molecule has 0 saturated heterocycles. The average molecular weight is 222 g/mol. The fraction of sp³-hybridized carbons (Fsp3) is 0.769. The van der Waals surface area contributed by atoms with Crippen molar-refractivity contribution in [2.75, 3.05) is 6.61 Å². The lowest BCUT2D eigenvalue weighted by atomic mass is 9.71. The van der Waals surface area contributed by atoms with Gasteiger partial charge in [0.25, 0.3) is 0 Å². The number of aromatic nitrogens is 2. The Morgan fingerprint density at radius 3 is 2.69 bits per heavy atom. The van der Waals surface area contributed by atoms with Gasteiger partial charge in [-0.15, -0.1) is 0 Å². The van der Waals surface area contributed by atoms with E-state index in [2.05, 4.69) is 18.2 Å². The van der Waals surface area contributed by atoms with Crippen LogP contribution in [0.3, 0.4) is 0 Å². The molecule has 1 fully saturated rings. The number of nitrogens with zero attached hydrogens (tertiary/aromatic N) is 2. The van der Waals surface area contributed by atoms with Gasteiger partial charge in [0.15, 0.2) is 0 Å². The molecule has 0 atom stereocenters. The Kier molecular flexibility index (Phi) is 3.64. The number of hydrogen-bond acceptors (Lipinski definition) is 2. The molecule has 1 aromatic rings. The van der Waals surface area contributed by atoms with Gasteiger partial charge in [-0.05, 0) is 37.2 Å². The van der Waals surface area contributed by atoms with Crippen LogP contribution in [0.25, 0.3) is 0 Å². The highest BCUT2D eigenvalue weighted by Gasteiger charge is 2.31. The second-order valence-corrected chi connectivity index (χ2v) is 5.10. The van der Waals surface area contributed by atoms with E-state index >= 15 is 0 Å². The van der Waals surface area contributed by atoms with Crippen LogP contribution in [-0.2, 0) is 13.0 Å². The summed E-state index contributed by atoms with van der Waals surface area (Å²) in [6.07, 6.45) is 11.3. The predicted octanol–water partition coefficient (Wildman–Crippen LogP) is 2.39. The summed E-state index contributed by atoms with van der Waals surface area (Å²) in [5.41, 5.74) is 1.41. The molecule has 3 heteroatoms. The molecule has 0 unspecified atom stereocenters. The third-order valence-corrected chi connectivity index (χ3v) is 3.84. The van der Waals surface area contributed by atoms with E-state index in [1.807, 2.05) is 10.9 Å². The summed E-state index contributed by atoms with van der Waals surface area (Å²) < 4.78 is 1.96. The third kappa shape index (κ3) is 2.46. The molecule has 1 aliphatic rings. The highest BCUT2D eigenvalue weighted by molar-refractivity contribution is 5.08. The highest BCUT2D eigenvalue weighted by atomic mass is 16.3. The number of rotatable bonds is 4. The molecule has 0 radical (unpaired) electrons. The molecule has 0 bridgehead atoms. The lowest BCUT2D eigenvalue weighted by Crippen LogP contribution is -2.30. The van der Waals surface area contributed by atoms with Crippen LogP contribution in [0.15, 0.2) is 12.4 Å². The average Bonchev–Trinajstić information content (AvgIpc) is 2.78. The first-order valence-electron chi connectivity index (χ1n) is 6.40. The zero-order valence-electron chi connectivity index (χ0n) is 10.2. The van der Waals surface area contributed by atoms with E-state index in [1.165, 1.54) is 37.7 Å². The quantitative estimate of drug-likeness (QED) is 0.849. The molecule has 16 heavy (non-hydrogen) atoms. The number of aliphatic hydroxyl groups excluding tert-OH is 1. The molecule has 1 N–H and O–H groups in total. The van der Waals surface area contributed by atoms with Gasteiger partial charge in [0.1, 0.15) is 0 Å². The summed E-state index contributed by atoms with van der Waals surface area (Å²) in [4.78, 5) is 0. The van der Waals surface area contributed by atoms with Crippen molar-refractivity contribution >= 4 is 0 Å². The van der Waals surface area contributed by atoms with Crippen LogP contribution in [0, 0.1) is 5.41 Å². The third-order valence-electron chi connectivity index (χ3n) is 3.84. The second-order valence-electron chi connectivity index (χ2n) is 5.10. The van der Waals surface area contributed by atoms with Gasteiger partial charge >= 0.3 is 0 Å². The lowest BCUT2D eigenvalue weighted by Gasteiger charge is -2.35. The van der Waals surface area contributed by atoms with Crippen LogP contribution in [0.2, 0.25) is 0 Å². The van der Waals surface area contributed by atoms with E-state index < -0.39 is 0 Å². The minimum Gasteiger partial charge on any atom is -0.396 e. The van der Waals surface area contributed by atoms with E-state index in [1.54, 1.807) is 0 Å². The molecular formula is C13H22N2O. The maximum Gasteiger partial charge on any atom is 0.0521 e. The topological polar surface area (TPSA) is 38.0 Å². The lowest BCUT2D eigenvalue weighted by molar-refractivity contribution is 0.0823. The van der Waals surface area contributed by atoms with Crippen molar-refractivity contribution in [1.82, 2.24) is 9.78 Å². The van der Waals surface area contributed by atoms with Crippen molar-refractivity contribution in [2.45, 2.75) is 52.0 Å². The molecule has 1 saturated carbocycles. The summed E-state index contributed by atoms with van der Waals surface area (Å²) in [6.45, 7) is 3.34. The monoisotopic (exact) mass is 222 g/mol. The SMILES string of the molecule is CCn1cc(CC2(CO)CCCCC2)cn1. The molecule has 2 rings (SSSR count). The molecular weight excluding hydrogens is 200 g/mol. The van der Waals surface area contributed by atoms with Crippen LogP contribution in [0.4, 0.5) is 0 Å². The molecule has 3 nitrogen and oxygen atoms in total. The van der Waals surface area contributed by atoms with E-state index in [0.29, 0.717) is 6.61 Å². The summed E-state index contributed by atoms with van der Waals surface area (Å²) >= 11 is 0. The summed E-state index contributed by atoms with van der Waals surface area (Å²) in [5, 5.41) is 13.9. The molecule has 1 aliphatic carbocycles. The maximum absolute atomic E-state index is 9.64. The predicted molar refractivity (Wildman–Crippen MR) is 64.2 cm³/mol. The standard InChI is InChI=1S/C13H22N2O/c1-2-15-10-12(9-14-15)8-13(11-16)6-4-3-5-7-13/h9-10,16H,2-8,11H2,1H3. The summed E-state index contributed by atoms with van der Waals surface area (Å²) in [6, 6.07) is 0. The van der Waals surface area contributed by atoms with Crippen LogP contribution in [0.1, 0.15) is 44.6 Å². The van der Waals surface area contributed by atoms with Crippen molar-refractivity contribution in [2.24, 2.45) is 5.41 Å². The summed E-state index contributed by atoms with van der Waals surface area (Å²) in [7, 11) is 0. The van der Waals surface area contributed by atoms with Crippen LogP contribution in [0.5, 0.6) is 0 Å². The van der Waals surface area contributed by atoms with Crippen molar-refractivity contribution in [3.63, 3.8) is 0 Å². The Balaban J connectivity index is 2.05. The fourth-order valence-corrected chi connectivity index (χ4v) is 2.80. The summed E-state index contributed by atoms with van der Waals surface area (Å²) in [5.74, 6) is 0. The van der Waals surface area contributed by atoms with Crippen LogP contribution < -0.4 is 0 Å². The van der Waals surface area contributed by atoms with E-state index in [-0.39, 0.29) is 5.41 Å². The number of hydrogen-bond donors (Lipinski definition) is 1. The van der Waals surface area contributed by atoms with Crippen molar-refractivity contribution in [1.29, 1.82) is 0 Å². The van der Waals surface area contributed by atoms with Gasteiger partial charge in [0.05, 0.1) is 6.20 Å². The normalized spacial score (nSPS) is 19.9. The molecule has 0 aliphatic heterocycles. The van der Waals surface area contributed by atoms with Crippen molar-refractivity contribution in [3.05, 3.63) is 18.0 Å². The van der Waals surface area contributed by atoms with Gasteiger partial charge in [0.2, 0.25) is 0 Å². The van der Waals surface area contributed by atoms with E-state index in [4.69, 9.17) is 0 Å². The minimum atomic E-state index is 0.139. The first-order valence-corrected chi connectivity index (χ1v) is 6.40. The van der Waals surface area contributed by atoms with E-state index in [0.717, 1.165) is 13.0 Å². The fourth-order valence-electron chi connectivity index (χ4n) is 2.80. The Labute approximate surface area is 97.5 Å². The first-order chi connectivity index (χ1) is 7.78. The van der Waals surface area contributed by atoms with Gasteiger partial charge in [-0.1, -0.05) is 19.3 Å². The Morgan fingerprint density at radius 1 is 1.38 bits per heavy atom. The first kappa shape index (κ1) is 11.6. The van der Waals surface area contributed by atoms with E-state index in [9.17, 15) is 5.11 Å². The van der Waals surface area contributed by atoms with Gasteiger partial charge in [-0.25, -0.2) is 0 Å². The smallest absolute Gasteiger partial charge is 0.0521 e. The Morgan fingerprint density at radius 2 is 2.12 bits per heavy atom. The highest BCUT2D eigenvalue weighted by Crippen LogP contribution is 2.38. The Bertz CT molecular complexity index is 326. The zero-order valence-corrected chi connectivity index (χ0v) is 10.2. The van der Waals surface area contributed by atoms with Gasteiger partial charge in [-0.2, -0.15) is 5.10 Å². The molecule has 90 valence electrons. The minimum absolute atomic E-state index is 0.139. The van der Waals surface area contributed by atoms with Gasteiger partial charge in [0, 0.05) is 19.3 Å². The van der Waals surface area contributed by atoms with Crippen molar-refractivity contribution < 1.29 is 5.11 Å². The molecule has 1 aromatic heterocycles. The van der Waals surface area contributed by atoms with Crippen molar-refractivity contribution in [3.8, 4) is 0 Å². The molecule has 0 spiro atoms. The number of aliphatic hydroxyl groups is 1. The second kappa shape index (κ2) is 5.00.